The van der Waals surface area contributed by atoms with Crippen LogP contribution in [0.25, 0.3) is 5.78 Å². The molecule has 12 heteroatoms. The zero-order chi connectivity index (χ0) is 22.8. The van der Waals surface area contributed by atoms with E-state index in [1.54, 1.807) is 23.0 Å². The van der Waals surface area contributed by atoms with Gasteiger partial charge in [0.25, 0.3) is 5.91 Å². The SMILES string of the molecule is CCOc1nc2nc(C)cn2cc1C(=O)Nc1cnc(N2CCN(C(=O)O)[C@@H](C)C2)cn1. The quantitative estimate of drug-likeness (QED) is 0.606. The highest BCUT2D eigenvalue weighted by atomic mass is 16.5. The second kappa shape index (κ2) is 8.65. The minimum Gasteiger partial charge on any atom is -0.477 e. The van der Waals surface area contributed by atoms with Crippen LogP contribution in [0.15, 0.2) is 24.8 Å². The number of carboxylic acid groups (broad SMARTS) is 1. The Kier molecular flexibility index (Phi) is 5.75. The van der Waals surface area contributed by atoms with E-state index in [9.17, 15) is 14.7 Å². The van der Waals surface area contributed by atoms with E-state index in [0.717, 1.165) is 5.69 Å². The monoisotopic (exact) mass is 440 g/mol. The predicted molar refractivity (Wildman–Crippen MR) is 115 cm³/mol. The molecule has 12 nitrogen and oxygen atoms in total. The number of hydrogen-bond donors (Lipinski definition) is 2. The summed E-state index contributed by atoms with van der Waals surface area (Å²) in [5.41, 5.74) is 1.03. The number of hydrogen-bond acceptors (Lipinski definition) is 8. The Morgan fingerprint density at radius 3 is 2.69 bits per heavy atom. The van der Waals surface area contributed by atoms with E-state index in [0.29, 0.717) is 37.8 Å². The van der Waals surface area contributed by atoms with E-state index >= 15 is 0 Å². The first-order valence-electron chi connectivity index (χ1n) is 10.2. The van der Waals surface area contributed by atoms with Gasteiger partial charge in [-0.3, -0.25) is 9.20 Å². The topological polar surface area (TPSA) is 138 Å². The molecule has 0 radical (unpaired) electrons. The zero-order valence-corrected chi connectivity index (χ0v) is 18.0. The Balaban J connectivity index is 1.48. The highest BCUT2D eigenvalue weighted by Crippen LogP contribution is 2.20. The number of imidazole rings is 1. The third-order valence-electron chi connectivity index (χ3n) is 5.14. The first-order valence-corrected chi connectivity index (χ1v) is 10.2. The van der Waals surface area contributed by atoms with Crippen molar-refractivity contribution in [1.82, 2.24) is 29.2 Å². The molecule has 3 aromatic heterocycles. The summed E-state index contributed by atoms with van der Waals surface area (Å²) >= 11 is 0. The van der Waals surface area contributed by atoms with Gasteiger partial charge >= 0.3 is 6.09 Å². The molecule has 0 bridgehead atoms. The molecule has 2 amide bonds. The Labute approximate surface area is 183 Å². The molecule has 4 rings (SSSR count). The van der Waals surface area contributed by atoms with Crippen molar-refractivity contribution >= 4 is 29.4 Å². The van der Waals surface area contributed by atoms with E-state index in [-0.39, 0.29) is 23.3 Å². The molecule has 1 fully saturated rings. The van der Waals surface area contributed by atoms with Crippen molar-refractivity contribution in [3.63, 3.8) is 0 Å². The van der Waals surface area contributed by atoms with Crippen LogP contribution in [0.5, 0.6) is 5.88 Å². The Morgan fingerprint density at radius 1 is 1.22 bits per heavy atom. The van der Waals surface area contributed by atoms with Crippen molar-refractivity contribution in [2.24, 2.45) is 0 Å². The minimum atomic E-state index is -0.925. The van der Waals surface area contributed by atoms with Crippen molar-refractivity contribution in [3.05, 3.63) is 36.0 Å². The van der Waals surface area contributed by atoms with Gasteiger partial charge in [-0.1, -0.05) is 0 Å². The maximum Gasteiger partial charge on any atom is 0.407 e. The Bertz CT molecular complexity index is 1150. The minimum absolute atomic E-state index is 0.159. The number of piperazine rings is 1. The maximum absolute atomic E-state index is 12.9. The fraction of sp³-hybridized carbons (Fsp3) is 0.400. The molecule has 4 heterocycles. The standard InChI is InChI=1S/C20H24N8O4/c1-4-32-18-14(11-27-9-12(2)23-19(27)25-18)17(29)24-15-7-22-16(8-21-15)26-5-6-28(20(30)31)13(3)10-26/h7-9,11,13H,4-6,10H2,1-3H3,(H,30,31)(H,21,24,29)/t13-/m0/s1. The molecule has 1 saturated heterocycles. The Hall–Kier alpha value is -3.96. The summed E-state index contributed by atoms with van der Waals surface area (Å²) in [4.78, 5) is 44.8. The highest BCUT2D eigenvalue weighted by molar-refractivity contribution is 6.05. The van der Waals surface area contributed by atoms with E-state index in [1.165, 1.54) is 11.1 Å². The van der Waals surface area contributed by atoms with Crippen molar-refractivity contribution in [3.8, 4) is 5.88 Å². The number of nitrogens with one attached hydrogen (secondary N) is 1. The lowest BCUT2D eigenvalue weighted by atomic mass is 10.2. The third-order valence-corrected chi connectivity index (χ3v) is 5.14. The van der Waals surface area contributed by atoms with Gasteiger partial charge in [0, 0.05) is 38.1 Å². The van der Waals surface area contributed by atoms with Crippen LogP contribution in [0.1, 0.15) is 29.9 Å². The summed E-state index contributed by atoms with van der Waals surface area (Å²) in [6, 6.07) is -0.159. The van der Waals surface area contributed by atoms with Gasteiger partial charge in [0.05, 0.1) is 24.7 Å². The van der Waals surface area contributed by atoms with Gasteiger partial charge in [-0.15, -0.1) is 0 Å². The van der Waals surface area contributed by atoms with E-state index < -0.39 is 12.0 Å². The molecule has 0 spiro atoms. The van der Waals surface area contributed by atoms with Crippen molar-refractivity contribution in [2.45, 2.75) is 26.8 Å². The van der Waals surface area contributed by atoms with Crippen LogP contribution in [0.2, 0.25) is 0 Å². The average molecular weight is 440 g/mol. The molecular weight excluding hydrogens is 416 g/mol. The maximum atomic E-state index is 12.9. The molecule has 0 aliphatic carbocycles. The van der Waals surface area contributed by atoms with Crippen molar-refractivity contribution in [1.29, 1.82) is 0 Å². The van der Waals surface area contributed by atoms with Crippen LogP contribution in [0.3, 0.4) is 0 Å². The number of aryl methyl sites for hydroxylation is 1. The molecule has 168 valence electrons. The van der Waals surface area contributed by atoms with Gasteiger partial charge < -0.3 is 25.0 Å². The van der Waals surface area contributed by atoms with Gasteiger partial charge in [0.15, 0.2) is 5.82 Å². The summed E-state index contributed by atoms with van der Waals surface area (Å²) in [6.45, 7) is 7.28. The number of rotatable bonds is 5. The Morgan fingerprint density at radius 2 is 2.03 bits per heavy atom. The lowest BCUT2D eigenvalue weighted by Gasteiger charge is -2.38. The lowest BCUT2D eigenvalue weighted by molar-refractivity contribution is 0.102. The lowest BCUT2D eigenvalue weighted by Crippen LogP contribution is -2.53. The molecule has 0 unspecified atom stereocenters. The molecular formula is C20H24N8O4. The van der Waals surface area contributed by atoms with Crippen LogP contribution in [-0.4, -0.2) is 78.6 Å². The van der Waals surface area contributed by atoms with Crippen LogP contribution in [0.4, 0.5) is 16.4 Å². The molecule has 2 N–H and O–H groups in total. The second-order valence-electron chi connectivity index (χ2n) is 7.47. The summed E-state index contributed by atoms with van der Waals surface area (Å²) in [6.07, 6.45) is 5.49. The van der Waals surface area contributed by atoms with Crippen LogP contribution in [-0.2, 0) is 0 Å². The molecule has 1 aliphatic heterocycles. The predicted octanol–water partition coefficient (Wildman–Crippen LogP) is 1.67. The summed E-state index contributed by atoms with van der Waals surface area (Å²) in [7, 11) is 0. The first kappa shape index (κ1) is 21.3. The van der Waals surface area contributed by atoms with Crippen LogP contribution in [0, 0.1) is 6.92 Å². The van der Waals surface area contributed by atoms with E-state index in [1.807, 2.05) is 25.7 Å². The molecule has 3 aromatic rings. The largest absolute Gasteiger partial charge is 0.477 e. The molecule has 0 aromatic carbocycles. The van der Waals surface area contributed by atoms with Gasteiger partial charge in [-0.25, -0.2) is 19.7 Å². The van der Waals surface area contributed by atoms with Crippen molar-refractivity contribution in [2.75, 3.05) is 36.5 Å². The van der Waals surface area contributed by atoms with Crippen molar-refractivity contribution < 1.29 is 19.4 Å². The van der Waals surface area contributed by atoms with E-state index in [4.69, 9.17) is 4.74 Å². The molecule has 1 aliphatic rings. The second-order valence-corrected chi connectivity index (χ2v) is 7.47. The molecule has 0 saturated carbocycles. The van der Waals surface area contributed by atoms with Crippen LogP contribution >= 0.6 is 0 Å². The van der Waals surface area contributed by atoms with Gasteiger partial charge in [-0.05, 0) is 20.8 Å². The zero-order valence-electron chi connectivity index (χ0n) is 18.0. The van der Waals surface area contributed by atoms with Gasteiger partial charge in [-0.2, -0.15) is 4.98 Å². The number of ether oxygens (including phenoxy) is 1. The summed E-state index contributed by atoms with van der Waals surface area (Å²) < 4.78 is 7.20. The van der Waals surface area contributed by atoms with Crippen LogP contribution < -0.4 is 15.0 Å². The highest BCUT2D eigenvalue weighted by Gasteiger charge is 2.28. The van der Waals surface area contributed by atoms with Gasteiger partial charge in [0.2, 0.25) is 11.7 Å². The smallest absolute Gasteiger partial charge is 0.407 e. The molecule has 1 atom stereocenters. The number of amides is 2. The fourth-order valence-electron chi connectivity index (χ4n) is 3.61. The number of carbonyl (C=O) groups excluding carboxylic acids is 1. The summed E-state index contributed by atoms with van der Waals surface area (Å²) in [5, 5.41) is 11.9. The number of nitrogens with zero attached hydrogens (tertiary/aromatic N) is 7. The number of fused-ring (bicyclic) bond motifs is 1. The fourth-order valence-corrected chi connectivity index (χ4v) is 3.61. The number of carbonyl (C=O) groups is 2. The first-order chi connectivity index (χ1) is 15.4. The summed E-state index contributed by atoms with van der Waals surface area (Å²) in [5.74, 6) is 1.11. The number of aromatic nitrogens is 5. The average Bonchev–Trinajstić information content (AvgIpc) is 3.12. The van der Waals surface area contributed by atoms with Gasteiger partial charge in [0.1, 0.15) is 11.4 Å². The molecule has 32 heavy (non-hydrogen) atoms. The number of anilines is 2. The normalized spacial score (nSPS) is 16.3. The third kappa shape index (κ3) is 4.24. The van der Waals surface area contributed by atoms with E-state index in [2.05, 4.69) is 25.3 Å².